The Morgan fingerprint density at radius 1 is 0.400 bits per heavy atom. The molecule has 0 atom stereocenters. The molecule has 0 aromatic heterocycles. The van der Waals surface area contributed by atoms with E-state index in [1.807, 2.05) is 24.3 Å². The first-order chi connectivity index (χ1) is 19.2. The van der Waals surface area contributed by atoms with Gasteiger partial charge in [0.1, 0.15) is 23.0 Å². The number of aromatic hydroxyl groups is 4. The zero-order valence-corrected chi connectivity index (χ0v) is 23.0. The van der Waals surface area contributed by atoms with Crippen molar-refractivity contribution >= 4 is 0 Å². The fraction of sp³-hybridized carbons (Fsp3) is 0.250. The lowest BCUT2D eigenvalue weighted by Crippen LogP contribution is -2.00. The summed E-state index contributed by atoms with van der Waals surface area (Å²) in [5.74, 6) is 1.64. The standard InChI is InChI=1S/C32H34O8/c1-37-23-9-19(10-24(15-23)38-2)5-7-21-13-29(33)31(35)17-27(21)28-18-32(36)30(34)14-22(28)8-6-20-11-25(39-3)16-26(12-20)40-4/h9-18,33-36H,5-8H2,1-4H3. The molecule has 4 N–H and O–H groups in total. The van der Waals surface area contributed by atoms with Gasteiger partial charge >= 0.3 is 0 Å². The number of hydrogen-bond acceptors (Lipinski definition) is 8. The fourth-order valence-corrected chi connectivity index (χ4v) is 4.73. The maximum absolute atomic E-state index is 10.4. The Labute approximate surface area is 233 Å². The van der Waals surface area contributed by atoms with Crippen molar-refractivity contribution in [3.05, 3.63) is 82.9 Å². The summed E-state index contributed by atoms with van der Waals surface area (Å²) in [6.45, 7) is 0. The van der Waals surface area contributed by atoms with Gasteiger partial charge in [-0.3, -0.25) is 0 Å². The largest absolute Gasteiger partial charge is 0.504 e. The summed E-state index contributed by atoms with van der Waals surface area (Å²) in [6, 6.07) is 17.3. The minimum atomic E-state index is -0.280. The number of methoxy groups -OCH3 is 4. The third-order valence-electron chi connectivity index (χ3n) is 6.88. The maximum Gasteiger partial charge on any atom is 0.158 e. The van der Waals surface area contributed by atoms with E-state index in [9.17, 15) is 20.4 Å². The first kappa shape index (κ1) is 28.3. The van der Waals surface area contributed by atoms with Crippen LogP contribution in [0.1, 0.15) is 22.3 Å². The predicted molar refractivity (Wildman–Crippen MR) is 152 cm³/mol. The Morgan fingerprint density at radius 3 is 1.00 bits per heavy atom. The van der Waals surface area contributed by atoms with E-state index in [0.717, 1.165) is 22.3 Å². The fourth-order valence-electron chi connectivity index (χ4n) is 4.73. The topological polar surface area (TPSA) is 118 Å². The predicted octanol–water partition coefficient (Wildman–Crippen LogP) is 5.78. The van der Waals surface area contributed by atoms with E-state index in [0.29, 0.717) is 59.8 Å². The molecule has 0 radical (unpaired) electrons. The van der Waals surface area contributed by atoms with Crippen LogP contribution in [-0.2, 0) is 25.7 Å². The van der Waals surface area contributed by atoms with Crippen molar-refractivity contribution < 1.29 is 39.4 Å². The average molecular weight is 547 g/mol. The monoisotopic (exact) mass is 546 g/mol. The zero-order chi connectivity index (χ0) is 28.8. The molecule has 4 aromatic rings. The molecule has 0 aliphatic carbocycles. The summed E-state index contributed by atoms with van der Waals surface area (Å²) in [5.41, 5.74) is 4.72. The van der Waals surface area contributed by atoms with Crippen LogP contribution in [0.5, 0.6) is 46.0 Å². The van der Waals surface area contributed by atoms with Crippen molar-refractivity contribution in [2.75, 3.05) is 28.4 Å². The number of benzene rings is 4. The van der Waals surface area contributed by atoms with E-state index >= 15 is 0 Å². The molecule has 0 unspecified atom stereocenters. The van der Waals surface area contributed by atoms with Gasteiger partial charge in [-0.1, -0.05) is 0 Å². The third kappa shape index (κ3) is 6.46. The quantitative estimate of drug-likeness (QED) is 0.175. The SMILES string of the molecule is COc1cc(CCc2cc(O)c(O)cc2-c2cc(O)c(O)cc2CCc2cc(OC)cc(OC)c2)cc(OC)c1. The Balaban J connectivity index is 1.71. The normalized spacial score (nSPS) is 10.8. The highest BCUT2D eigenvalue weighted by molar-refractivity contribution is 5.76. The summed E-state index contributed by atoms with van der Waals surface area (Å²) in [6.07, 6.45) is 2.20. The lowest BCUT2D eigenvalue weighted by Gasteiger charge is -2.17. The highest BCUT2D eigenvalue weighted by atomic mass is 16.5. The van der Waals surface area contributed by atoms with Gasteiger partial charge in [0.15, 0.2) is 23.0 Å². The van der Waals surface area contributed by atoms with Crippen molar-refractivity contribution in [3.63, 3.8) is 0 Å². The molecule has 0 fully saturated rings. The van der Waals surface area contributed by atoms with Crippen molar-refractivity contribution in [1.82, 2.24) is 0 Å². The van der Waals surface area contributed by atoms with Crippen LogP contribution in [0.15, 0.2) is 60.7 Å². The molecule has 4 aromatic carbocycles. The first-order valence-corrected chi connectivity index (χ1v) is 12.8. The van der Waals surface area contributed by atoms with E-state index in [1.54, 1.807) is 40.6 Å². The van der Waals surface area contributed by atoms with Crippen molar-refractivity contribution in [2.45, 2.75) is 25.7 Å². The maximum atomic E-state index is 10.4. The molecule has 8 heteroatoms. The molecule has 0 spiro atoms. The molecule has 0 amide bonds. The second-order valence-corrected chi connectivity index (χ2v) is 9.44. The molecule has 0 saturated carbocycles. The molecule has 0 aliphatic heterocycles. The van der Waals surface area contributed by atoms with Gasteiger partial charge in [0.2, 0.25) is 0 Å². The number of phenols is 4. The number of ether oxygens (including phenoxy) is 4. The van der Waals surface area contributed by atoms with Crippen LogP contribution < -0.4 is 18.9 Å². The lowest BCUT2D eigenvalue weighted by atomic mass is 9.89. The third-order valence-corrected chi connectivity index (χ3v) is 6.88. The second-order valence-electron chi connectivity index (χ2n) is 9.44. The summed E-state index contributed by atoms with van der Waals surface area (Å²) in [5, 5.41) is 41.5. The minimum absolute atomic E-state index is 0.241. The van der Waals surface area contributed by atoms with Crippen LogP contribution in [0.2, 0.25) is 0 Å². The molecule has 0 heterocycles. The molecule has 0 bridgehead atoms. The Kier molecular flexibility index (Phi) is 8.79. The van der Waals surface area contributed by atoms with Crippen LogP contribution in [0, 0.1) is 0 Å². The Hall–Kier alpha value is -4.72. The van der Waals surface area contributed by atoms with Gasteiger partial charge in [-0.25, -0.2) is 0 Å². The number of hydrogen-bond donors (Lipinski definition) is 4. The molecule has 40 heavy (non-hydrogen) atoms. The summed E-state index contributed by atoms with van der Waals surface area (Å²) < 4.78 is 21.6. The van der Waals surface area contributed by atoms with E-state index in [2.05, 4.69) is 0 Å². The number of rotatable bonds is 11. The molecule has 210 valence electrons. The van der Waals surface area contributed by atoms with Crippen molar-refractivity contribution in [1.29, 1.82) is 0 Å². The summed E-state index contributed by atoms with van der Waals surface area (Å²) in [7, 11) is 6.37. The van der Waals surface area contributed by atoms with Crippen molar-refractivity contribution in [2.24, 2.45) is 0 Å². The van der Waals surface area contributed by atoms with Gasteiger partial charge in [0, 0.05) is 12.1 Å². The second kappa shape index (κ2) is 12.4. The lowest BCUT2D eigenvalue weighted by molar-refractivity contribution is 0.393. The first-order valence-electron chi connectivity index (χ1n) is 12.8. The molecule has 4 rings (SSSR count). The van der Waals surface area contributed by atoms with Gasteiger partial charge in [-0.2, -0.15) is 0 Å². The molecule has 0 saturated heterocycles. The minimum Gasteiger partial charge on any atom is -0.504 e. The number of phenolic OH excluding ortho intramolecular Hbond substituents is 4. The van der Waals surface area contributed by atoms with Crippen LogP contribution in [0.3, 0.4) is 0 Å². The highest BCUT2D eigenvalue weighted by Gasteiger charge is 2.17. The smallest absolute Gasteiger partial charge is 0.158 e. The van der Waals surface area contributed by atoms with Crippen LogP contribution in [0.25, 0.3) is 11.1 Å². The van der Waals surface area contributed by atoms with Crippen LogP contribution in [0.4, 0.5) is 0 Å². The molecular formula is C32H34O8. The van der Waals surface area contributed by atoms with Crippen molar-refractivity contribution in [3.8, 4) is 57.1 Å². The van der Waals surface area contributed by atoms with Crippen LogP contribution >= 0.6 is 0 Å². The van der Waals surface area contributed by atoms with Gasteiger partial charge < -0.3 is 39.4 Å². The average Bonchev–Trinajstić information content (AvgIpc) is 2.97. The van der Waals surface area contributed by atoms with E-state index in [4.69, 9.17) is 18.9 Å². The zero-order valence-electron chi connectivity index (χ0n) is 23.0. The molecule has 0 aliphatic rings. The molecule has 8 nitrogen and oxygen atoms in total. The van der Waals surface area contributed by atoms with Gasteiger partial charge in [-0.05, 0) is 108 Å². The Morgan fingerprint density at radius 2 is 0.700 bits per heavy atom. The highest BCUT2D eigenvalue weighted by Crippen LogP contribution is 2.41. The van der Waals surface area contributed by atoms with E-state index < -0.39 is 0 Å². The summed E-state index contributed by atoms with van der Waals surface area (Å²) in [4.78, 5) is 0. The van der Waals surface area contributed by atoms with Gasteiger partial charge in [0.05, 0.1) is 28.4 Å². The van der Waals surface area contributed by atoms with Gasteiger partial charge in [-0.15, -0.1) is 0 Å². The van der Waals surface area contributed by atoms with E-state index in [1.165, 1.54) is 24.3 Å². The van der Waals surface area contributed by atoms with Gasteiger partial charge in [0.25, 0.3) is 0 Å². The van der Waals surface area contributed by atoms with Crippen LogP contribution in [-0.4, -0.2) is 48.9 Å². The van der Waals surface area contributed by atoms with E-state index in [-0.39, 0.29) is 23.0 Å². The number of aryl methyl sites for hydroxylation is 4. The molecular weight excluding hydrogens is 512 g/mol. The summed E-state index contributed by atoms with van der Waals surface area (Å²) >= 11 is 0. The Bertz CT molecular complexity index is 1340.